The quantitative estimate of drug-likeness (QED) is 0.243. The van der Waals surface area contributed by atoms with Gasteiger partial charge in [0, 0.05) is 22.2 Å². The van der Waals surface area contributed by atoms with Crippen LogP contribution in [0.3, 0.4) is 0 Å². The summed E-state index contributed by atoms with van der Waals surface area (Å²) in [6.07, 6.45) is 7.07. The van der Waals surface area contributed by atoms with E-state index in [-0.39, 0.29) is 0 Å². The van der Waals surface area contributed by atoms with E-state index in [1.807, 2.05) is 66.9 Å². The Morgan fingerprint density at radius 2 is 1.75 bits per heavy atom. The normalized spacial score (nSPS) is 12.6. The molecule has 5 rings (SSSR count). The van der Waals surface area contributed by atoms with Crippen molar-refractivity contribution in [3.63, 3.8) is 0 Å². The Morgan fingerprint density at radius 3 is 2.50 bits per heavy atom. The van der Waals surface area contributed by atoms with E-state index in [0.717, 1.165) is 47.4 Å². The Balaban J connectivity index is 1.32. The number of thiophene rings is 1. The van der Waals surface area contributed by atoms with Gasteiger partial charge in [-0.25, -0.2) is 10.1 Å². The SMILES string of the molecule is N#Cc1c(NC(=O)C(=O)NN=Cc2cn(-c3ccccc3)nc2-c2ccccc2)sc2c1CCCC2. The van der Waals surface area contributed by atoms with Gasteiger partial charge in [-0.05, 0) is 43.4 Å². The van der Waals surface area contributed by atoms with Gasteiger partial charge in [-0.15, -0.1) is 11.3 Å². The van der Waals surface area contributed by atoms with Crippen molar-refractivity contribution in [1.29, 1.82) is 5.26 Å². The van der Waals surface area contributed by atoms with Gasteiger partial charge in [0.1, 0.15) is 16.8 Å². The maximum Gasteiger partial charge on any atom is 0.329 e. The smallest absolute Gasteiger partial charge is 0.308 e. The Kier molecular flexibility index (Phi) is 6.69. The molecule has 1 aliphatic rings. The number of nitrogens with one attached hydrogen (secondary N) is 2. The Labute approximate surface area is 211 Å². The molecule has 0 fully saturated rings. The van der Waals surface area contributed by atoms with Gasteiger partial charge in [0.05, 0.1) is 17.5 Å². The first-order chi connectivity index (χ1) is 17.6. The molecular weight excluding hydrogens is 472 g/mol. The molecule has 1 aliphatic carbocycles. The second-order valence-electron chi connectivity index (χ2n) is 8.26. The fourth-order valence-corrected chi connectivity index (χ4v) is 5.39. The third-order valence-electron chi connectivity index (χ3n) is 5.90. The van der Waals surface area contributed by atoms with Crippen LogP contribution in [0.4, 0.5) is 5.00 Å². The van der Waals surface area contributed by atoms with Crippen LogP contribution in [0, 0.1) is 11.3 Å². The first-order valence-electron chi connectivity index (χ1n) is 11.5. The van der Waals surface area contributed by atoms with E-state index in [1.54, 1.807) is 4.68 Å². The van der Waals surface area contributed by atoms with Crippen LogP contribution in [0.5, 0.6) is 0 Å². The number of anilines is 1. The predicted octanol–water partition coefficient (Wildman–Crippen LogP) is 4.44. The maximum absolute atomic E-state index is 12.5. The summed E-state index contributed by atoms with van der Waals surface area (Å²) < 4.78 is 1.74. The average Bonchev–Trinajstić information content (AvgIpc) is 3.50. The lowest BCUT2D eigenvalue weighted by molar-refractivity contribution is -0.136. The zero-order valence-electron chi connectivity index (χ0n) is 19.3. The highest BCUT2D eigenvalue weighted by Crippen LogP contribution is 2.37. The molecule has 0 radical (unpaired) electrons. The van der Waals surface area contributed by atoms with E-state index < -0.39 is 11.8 Å². The molecule has 36 heavy (non-hydrogen) atoms. The summed E-state index contributed by atoms with van der Waals surface area (Å²) in [6.45, 7) is 0. The molecule has 0 saturated heterocycles. The Bertz CT molecular complexity index is 1480. The molecule has 2 aromatic carbocycles. The zero-order valence-corrected chi connectivity index (χ0v) is 20.1. The van der Waals surface area contributed by atoms with Gasteiger partial charge in [0.25, 0.3) is 0 Å². The van der Waals surface area contributed by atoms with Crippen LogP contribution in [0.2, 0.25) is 0 Å². The summed E-state index contributed by atoms with van der Waals surface area (Å²) in [5.41, 5.74) is 6.86. The van der Waals surface area contributed by atoms with Crippen molar-refractivity contribution in [2.75, 3.05) is 5.32 Å². The molecule has 2 N–H and O–H groups in total. The van der Waals surface area contributed by atoms with Crippen molar-refractivity contribution in [2.45, 2.75) is 25.7 Å². The number of amides is 2. The van der Waals surface area contributed by atoms with Crippen molar-refractivity contribution in [2.24, 2.45) is 5.10 Å². The lowest BCUT2D eigenvalue weighted by Crippen LogP contribution is -2.32. The lowest BCUT2D eigenvalue weighted by Gasteiger charge is -2.09. The minimum Gasteiger partial charge on any atom is -0.308 e. The monoisotopic (exact) mass is 494 g/mol. The number of hydrogen-bond donors (Lipinski definition) is 2. The topological polar surface area (TPSA) is 112 Å². The summed E-state index contributed by atoms with van der Waals surface area (Å²) in [7, 11) is 0. The summed E-state index contributed by atoms with van der Waals surface area (Å²) >= 11 is 1.37. The summed E-state index contributed by atoms with van der Waals surface area (Å²) in [6, 6.07) is 21.5. The van der Waals surface area contributed by atoms with Gasteiger partial charge < -0.3 is 5.32 Å². The molecule has 0 bridgehead atoms. The number of carbonyl (C=O) groups is 2. The number of benzene rings is 2. The van der Waals surface area contributed by atoms with Crippen molar-refractivity contribution in [1.82, 2.24) is 15.2 Å². The second-order valence-corrected chi connectivity index (χ2v) is 9.36. The molecular formula is C27H22N6O2S. The van der Waals surface area contributed by atoms with Crippen LogP contribution in [-0.4, -0.2) is 27.8 Å². The van der Waals surface area contributed by atoms with Gasteiger partial charge in [0.2, 0.25) is 0 Å². The number of fused-ring (bicyclic) bond motifs is 1. The minimum absolute atomic E-state index is 0.420. The number of para-hydroxylation sites is 1. The Hall–Kier alpha value is -4.55. The van der Waals surface area contributed by atoms with Gasteiger partial charge in [-0.2, -0.15) is 15.5 Å². The molecule has 9 heteroatoms. The molecule has 2 aromatic heterocycles. The van der Waals surface area contributed by atoms with E-state index in [0.29, 0.717) is 21.8 Å². The fraction of sp³-hybridized carbons (Fsp3) is 0.148. The number of nitriles is 1. The second kappa shape index (κ2) is 10.4. The number of carbonyl (C=O) groups excluding carboxylic acids is 2. The van der Waals surface area contributed by atoms with Crippen LogP contribution in [0.1, 0.15) is 34.4 Å². The minimum atomic E-state index is -0.918. The average molecular weight is 495 g/mol. The highest BCUT2D eigenvalue weighted by Gasteiger charge is 2.23. The largest absolute Gasteiger partial charge is 0.329 e. The number of aromatic nitrogens is 2. The number of aryl methyl sites for hydroxylation is 1. The molecule has 4 aromatic rings. The maximum atomic E-state index is 12.5. The van der Waals surface area contributed by atoms with Gasteiger partial charge in [0.15, 0.2) is 0 Å². The molecule has 0 saturated carbocycles. The molecule has 8 nitrogen and oxygen atoms in total. The van der Waals surface area contributed by atoms with Crippen LogP contribution in [-0.2, 0) is 22.4 Å². The first kappa shape index (κ1) is 23.2. The predicted molar refractivity (Wildman–Crippen MR) is 139 cm³/mol. The molecule has 0 spiro atoms. The van der Waals surface area contributed by atoms with Crippen molar-refractivity contribution in [3.8, 4) is 23.0 Å². The first-order valence-corrected chi connectivity index (χ1v) is 12.3. The molecule has 0 aliphatic heterocycles. The third-order valence-corrected chi connectivity index (χ3v) is 7.10. The summed E-state index contributed by atoms with van der Waals surface area (Å²) in [4.78, 5) is 26.0. The van der Waals surface area contributed by atoms with Crippen molar-refractivity contribution in [3.05, 3.63) is 88.4 Å². The zero-order chi connectivity index (χ0) is 24.9. The fourth-order valence-electron chi connectivity index (χ4n) is 4.16. The molecule has 0 atom stereocenters. The number of rotatable bonds is 5. The van der Waals surface area contributed by atoms with Crippen LogP contribution in [0.15, 0.2) is 72.0 Å². The van der Waals surface area contributed by atoms with E-state index in [9.17, 15) is 14.9 Å². The van der Waals surface area contributed by atoms with Gasteiger partial charge >= 0.3 is 11.8 Å². The molecule has 178 valence electrons. The molecule has 0 unspecified atom stereocenters. The number of hydrazone groups is 1. The van der Waals surface area contributed by atoms with Crippen LogP contribution in [0.25, 0.3) is 16.9 Å². The molecule has 2 heterocycles. The van der Waals surface area contributed by atoms with Crippen molar-refractivity contribution >= 4 is 34.4 Å². The number of nitrogens with zero attached hydrogens (tertiary/aromatic N) is 4. The van der Waals surface area contributed by atoms with Gasteiger partial charge in [-0.1, -0.05) is 48.5 Å². The summed E-state index contributed by atoms with van der Waals surface area (Å²) in [5.74, 6) is -1.79. The van der Waals surface area contributed by atoms with E-state index >= 15 is 0 Å². The molecule has 2 amide bonds. The third kappa shape index (κ3) is 4.80. The van der Waals surface area contributed by atoms with Crippen molar-refractivity contribution < 1.29 is 9.59 Å². The van der Waals surface area contributed by atoms with E-state index in [4.69, 9.17) is 5.10 Å². The van der Waals surface area contributed by atoms with Gasteiger partial charge in [-0.3, -0.25) is 9.59 Å². The summed E-state index contributed by atoms with van der Waals surface area (Å²) in [5, 5.41) is 21.3. The standard InChI is InChI=1S/C27H22N6O2S/c28-15-22-21-13-7-8-14-23(21)36-27(22)30-25(34)26(35)31-29-16-19-17-33(20-11-5-2-6-12-20)32-24(19)18-9-3-1-4-10-18/h1-6,9-12,16-17H,7-8,13-14H2,(H,30,34)(H,31,35). The highest BCUT2D eigenvalue weighted by molar-refractivity contribution is 7.16. The lowest BCUT2D eigenvalue weighted by atomic mass is 9.96. The van der Waals surface area contributed by atoms with Crippen LogP contribution >= 0.6 is 11.3 Å². The highest BCUT2D eigenvalue weighted by atomic mass is 32.1. The van der Waals surface area contributed by atoms with E-state index in [2.05, 4.69) is 21.9 Å². The number of hydrogen-bond acceptors (Lipinski definition) is 6. The van der Waals surface area contributed by atoms with E-state index in [1.165, 1.54) is 17.6 Å². The van der Waals surface area contributed by atoms with Crippen LogP contribution < -0.4 is 10.7 Å². The Morgan fingerprint density at radius 1 is 1.03 bits per heavy atom.